The van der Waals surface area contributed by atoms with Crippen molar-refractivity contribution in [2.45, 2.75) is 171 Å². The smallest absolute Gasteiger partial charge is 0.416 e. The van der Waals surface area contributed by atoms with Crippen molar-refractivity contribution in [3.05, 3.63) is 207 Å². The van der Waals surface area contributed by atoms with E-state index in [1.54, 1.807) is 39.2 Å². The van der Waals surface area contributed by atoms with Gasteiger partial charge in [0.25, 0.3) is 0 Å². The number of carboxylic acid groups (broad SMARTS) is 1. The van der Waals surface area contributed by atoms with Crippen molar-refractivity contribution in [1.82, 2.24) is 20.6 Å². The second-order valence-electron chi connectivity index (χ2n) is 32.2. The number of rotatable bonds is 60. The average molecular weight is 1800 g/mol. The molecule has 0 fully saturated rings. The van der Waals surface area contributed by atoms with Gasteiger partial charge in [-0.25, -0.2) is 9.78 Å². The zero-order valence-electron chi connectivity index (χ0n) is 75.6. The monoisotopic (exact) mass is 1800 g/mol. The van der Waals surface area contributed by atoms with Gasteiger partial charge in [0.1, 0.15) is 36.1 Å². The number of anilines is 1. The van der Waals surface area contributed by atoms with Crippen LogP contribution in [0.4, 0.5) is 10.6 Å². The molecule has 2 heterocycles. The molecule has 8 rings (SSSR count). The fourth-order valence-electron chi connectivity index (χ4n) is 14.0. The van der Waals surface area contributed by atoms with E-state index in [1.807, 2.05) is 181 Å². The number of amides is 3. The molecular formula is C99H135N11O20. The molecule has 0 radical (unpaired) electrons. The number of fused-ring (bicyclic) bond motifs is 2. The Morgan fingerprint density at radius 2 is 0.862 bits per heavy atom. The van der Waals surface area contributed by atoms with Crippen molar-refractivity contribution >= 4 is 68.8 Å². The lowest BCUT2D eigenvalue weighted by molar-refractivity contribution is -0.141. The molecule has 2 aromatic heterocycles. The van der Waals surface area contributed by atoms with Crippen molar-refractivity contribution in [3.8, 4) is 33.8 Å². The van der Waals surface area contributed by atoms with Crippen molar-refractivity contribution in [2.24, 2.45) is 22.1 Å². The predicted octanol–water partition coefficient (Wildman–Crippen LogP) is 18.2. The van der Waals surface area contributed by atoms with E-state index >= 15 is 0 Å². The molecule has 706 valence electrons. The van der Waals surface area contributed by atoms with Crippen LogP contribution in [0.1, 0.15) is 161 Å². The molecular weight excluding hydrogens is 1660 g/mol. The summed E-state index contributed by atoms with van der Waals surface area (Å²) >= 11 is 0. The Labute approximate surface area is 765 Å². The van der Waals surface area contributed by atoms with Gasteiger partial charge in [-0.3, -0.25) is 38.7 Å². The summed E-state index contributed by atoms with van der Waals surface area (Å²) in [5.74, 6) is -1.89. The molecule has 6 aromatic carbocycles. The Balaban J connectivity index is 0.000000457. The number of unbranched alkanes of at least 4 members (excludes halogenated alkanes) is 1. The number of ether oxygens (including phenoxy) is 12. The molecule has 0 aliphatic carbocycles. The van der Waals surface area contributed by atoms with Crippen molar-refractivity contribution in [2.75, 3.05) is 151 Å². The van der Waals surface area contributed by atoms with E-state index in [-0.39, 0.29) is 88.7 Å². The number of Topliss-reactive ketones (excluding diaryl/α,β-unsaturated/α-hetero) is 2. The third-order valence-corrected chi connectivity index (χ3v) is 20.4. The van der Waals surface area contributed by atoms with Gasteiger partial charge in [0.05, 0.1) is 138 Å². The first kappa shape index (κ1) is 109. The van der Waals surface area contributed by atoms with Crippen LogP contribution >= 0.6 is 0 Å². The lowest BCUT2D eigenvalue weighted by Gasteiger charge is -2.27. The van der Waals surface area contributed by atoms with Gasteiger partial charge in [0, 0.05) is 95.8 Å². The van der Waals surface area contributed by atoms with Gasteiger partial charge >= 0.3 is 18.0 Å². The van der Waals surface area contributed by atoms with Crippen LogP contribution in [0.2, 0.25) is 0 Å². The number of carboxylic acids is 1. The molecule has 0 aliphatic heterocycles. The molecule has 3 amide bonds. The van der Waals surface area contributed by atoms with E-state index in [9.17, 15) is 38.7 Å². The summed E-state index contributed by atoms with van der Waals surface area (Å²) in [6, 6.07) is 45.5. The SMILES string of the molecule is C.C.COC(=O)C[C@H](CC(=O)[C@@H](NC(=O)CCCN(C(=O)OC(C)(C)C)c1cc(C)ccn1)C(C)C)c1ccc(-c2ccc(OCCOCCOCCOCCOCCN=[N+]=[N-])c3ccccc23)cc1.Cc1ccnc(CCCCC(=O)N[C@H](C(=O)C[C@@H](CC(=O)O)c2ccc(-c3ccc(OCCOCCOCCOCCOCCN=[N+]=[N-])c4ccccc34)cc2)C(C)C)c1. The number of hydrogen-bond donors (Lipinski definition) is 3. The van der Waals surface area contributed by atoms with Crippen molar-refractivity contribution in [3.63, 3.8) is 0 Å². The number of benzene rings is 6. The van der Waals surface area contributed by atoms with E-state index in [0.717, 1.165) is 96.1 Å². The summed E-state index contributed by atoms with van der Waals surface area (Å²) in [6.45, 7) is 25.0. The average Bonchev–Trinajstić information content (AvgIpc) is 0.787. The minimum Gasteiger partial charge on any atom is -0.491 e. The summed E-state index contributed by atoms with van der Waals surface area (Å²) in [6.07, 6.45) is 5.53. The van der Waals surface area contributed by atoms with Gasteiger partial charge < -0.3 is 72.6 Å². The normalized spacial score (nSPS) is 12.0. The highest BCUT2D eigenvalue weighted by molar-refractivity contribution is 6.01. The molecule has 3 N–H and O–H groups in total. The van der Waals surface area contributed by atoms with E-state index in [4.69, 9.17) is 67.9 Å². The number of carbonyl (C=O) groups excluding carboxylic acids is 6. The third kappa shape index (κ3) is 40.3. The fourth-order valence-corrected chi connectivity index (χ4v) is 14.0. The highest BCUT2D eigenvalue weighted by Gasteiger charge is 2.32. The Morgan fingerprint density at radius 1 is 0.469 bits per heavy atom. The summed E-state index contributed by atoms with van der Waals surface area (Å²) in [5.41, 5.74) is 24.2. The number of hydrogen-bond acceptors (Lipinski definition) is 23. The lowest BCUT2D eigenvalue weighted by Crippen LogP contribution is -2.45. The van der Waals surface area contributed by atoms with Crippen LogP contribution in [-0.2, 0) is 82.6 Å². The molecule has 0 unspecified atom stereocenters. The number of azide groups is 2. The van der Waals surface area contributed by atoms with E-state index in [2.05, 4.69) is 40.7 Å². The Bertz CT molecular complexity index is 4840. The van der Waals surface area contributed by atoms with Gasteiger partial charge in [0.15, 0.2) is 11.6 Å². The largest absolute Gasteiger partial charge is 0.491 e. The Hall–Kier alpha value is -11.5. The zero-order chi connectivity index (χ0) is 92.3. The highest BCUT2D eigenvalue weighted by Crippen LogP contribution is 2.39. The number of nitrogens with one attached hydrogen (secondary N) is 2. The van der Waals surface area contributed by atoms with E-state index in [0.29, 0.717) is 157 Å². The van der Waals surface area contributed by atoms with Gasteiger partial charge in [-0.1, -0.05) is 162 Å². The molecule has 4 atom stereocenters. The number of ketones is 2. The molecule has 0 bridgehead atoms. The van der Waals surface area contributed by atoms with Crippen molar-refractivity contribution in [1.29, 1.82) is 0 Å². The number of methoxy groups -OCH3 is 1. The summed E-state index contributed by atoms with van der Waals surface area (Å²) in [7, 11) is 1.32. The quantitative estimate of drug-likeness (QED) is 0.0105. The van der Waals surface area contributed by atoms with Gasteiger partial charge in [0.2, 0.25) is 11.8 Å². The molecule has 31 heteroatoms. The first-order valence-corrected chi connectivity index (χ1v) is 43.8. The summed E-state index contributed by atoms with van der Waals surface area (Å²) < 4.78 is 66.8. The Kier molecular flexibility index (Phi) is 51.3. The lowest BCUT2D eigenvalue weighted by atomic mass is 9.85. The van der Waals surface area contributed by atoms with E-state index < -0.39 is 47.6 Å². The first-order valence-electron chi connectivity index (χ1n) is 43.8. The summed E-state index contributed by atoms with van der Waals surface area (Å²) in [5, 5.41) is 26.4. The minimum absolute atomic E-state index is 0. The zero-order valence-corrected chi connectivity index (χ0v) is 75.6. The van der Waals surface area contributed by atoms with Crippen molar-refractivity contribution < 1.29 is 95.5 Å². The first-order chi connectivity index (χ1) is 61.9. The topological polar surface area (TPSA) is 401 Å². The van der Waals surface area contributed by atoms with Crippen LogP contribution in [0, 0.1) is 25.7 Å². The third-order valence-electron chi connectivity index (χ3n) is 20.4. The number of pyridine rings is 2. The van der Waals surface area contributed by atoms with Gasteiger partial charge in [-0.2, -0.15) is 0 Å². The molecule has 31 nitrogen and oxygen atoms in total. The molecule has 0 aliphatic rings. The van der Waals surface area contributed by atoms with Crippen LogP contribution in [0.5, 0.6) is 11.5 Å². The van der Waals surface area contributed by atoms with Crippen LogP contribution in [0.3, 0.4) is 0 Å². The van der Waals surface area contributed by atoms with Crippen LogP contribution in [-0.4, -0.2) is 220 Å². The second-order valence-corrected chi connectivity index (χ2v) is 32.2. The fraction of sp³-hybridized carbons (Fsp3) is 0.505. The number of nitrogens with zero attached hydrogens (tertiary/aromatic N) is 9. The number of esters is 1. The van der Waals surface area contributed by atoms with Crippen LogP contribution in [0.15, 0.2) is 168 Å². The van der Waals surface area contributed by atoms with Crippen LogP contribution < -0.4 is 25.0 Å². The molecule has 8 aromatic rings. The maximum atomic E-state index is 14.0. The molecule has 130 heavy (non-hydrogen) atoms. The molecule has 0 spiro atoms. The maximum Gasteiger partial charge on any atom is 0.416 e. The van der Waals surface area contributed by atoms with Gasteiger partial charge in [-0.05, 0) is 175 Å². The van der Waals surface area contributed by atoms with E-state index in [1.165, 1.54) is 12.0 Å². The second kappa shape index (κ2) is 61.2. The van der Waals surface area contributed by atoms with Crippen LogP contribution in [0.25, 0.3) is 64.7 Å². The van der Waals surface area contributed by atoms with Gasteiger partial charge in [-0.15, -0.1) is 0 Å². The predicted molar refractivity (Wildman–Crippen MR) is 503 cm³/mol. The highest BCUT2D eigenvalue weighted by atomic mass is 16.6. The molecule has 0 saturated carbocycles. The standard InChI is InChI=1S/C51H68N6O11.C46H59N5O9.2CH4/c1-36(2)49(55-47(59)13-10-23-57(50(61)68-51(4,5)6)46-33-37(3)20-21-53-46)44(58)34-40(35-48(60)62-7)38-14-16-39(17-15-38)41-18-19-45(43-12-9-8-11-42(41)43)67-32-31-66-30-29-65-28-27-64-26-25-63-24-22-54-56-52;1-33(2)46(50-44(53)11-7-4-8-38-30-34(3)18-19-48-38)42(52)31-37(32-45(54)55)35-12-14-36(15-13-35)39-16-17-43(41-10-6-5-9-40(39)41)60-29-28-59-27-26-58-25-24-57-23-22-56-21-20-49-51-47;;/h8-9,11-12,14-21,33,36,40,49H,10,13,22-32,34-35H2,1-7H3,(H,55,59);5-6,9-10,12-19,30,33,37,46H,4,7-8,11,20-29,31-32H2,1-3H3,(H,50,53)(H,54,55);2*1H4/t40-,49-;37-,46-;;/m00../s1. The molecule has 0 saturated heterocycles. The maximum absolute atomic E-state index is 14.0. The number of aryl methyl sites for hydroxylation is 3. The summed E-state index contributed by atoms with van der Waals surface area (Å²) in [4.78, 5) is 107. The minimum atomic E-state index is -0.994. The Morgan fingerprint density at radius 3 is 1.25 bits per heavy atom. The number of aromatic nitrogens is 2. The number of carbonyl (C=O) groups is 7. The number of aliphatic carboxylic acids is 1.